The van der Waals surface area contributed by atoms with E-state index in [2.05, 4.69) is 23.0 Å². The molecule has 1 rings (SSSR count). The quantitative estimate of drug-likeness (QED) is 0.743. The average Bonchev–Trinajstić information content (AvgIpc) is 2.29. The van der Waals surface area contributed by atoms with Crippen molar-refractivity contribution in [2.45, 2.75) is 13.0 Å². The highest BCUT2D eigenvalue weighted by molar-refractivity contribution is 5.41. The fourth-order valence-corrected chi connectivity index (χ4v) is 1.43. The SMILES string of the molecule is C=CCN(CC=C)c1ccc([C@H](C)N)cn1. The molecule has 0 aromatic carbocycles. The highest BCUT2D eigenvalue weighted by Gasteiger charge is 2.05. The molecule has 0 amide bonds. The molecule has 3 nitrogen and oxygen atoms in total. The van der Waals surface area contributed by atoms with E-state index >= 15 is 0 Å². The molecule has 0 aliphatic carbocycles. The minimum Gasteiger partial charge on any atom is -0.349 e. The van der Waals surface area contributed by atoms with Gasteiger partial charge in [0.15, 0.2) is 0 Å². The maximum Gasteiger partial charge on any atom is 0.129 e. The van der Waals surface area contributed by atoms with Gasteiger partial charge >= 0.3 is 0 Å². The summed E-state index contributed by atoms with van der Waals surface area (Å²) in [5.74, 6) is 0.921. The van der Waals surface area contributed by atoms with Crippen LogP contribution in [0.5, 0.6) is 0 Å². The van der Waals surface area contributed by atoms with Crippen molar-refractivity contribution in [1.29, 1.82) is 0 Å². The molecule has 0 bridgehead atoms. The molecule has 1 aromatic heterocycles. The smallest absolute Gasteiger partial charge is 0.129 e. The molecule has 1 atom stereocenters. The Hall–Kier alpha value is -1.61. The number of nitrogens with zero attached hydrogens (tertiary/aromatic N) is 2. The van der Waals surface area contributed by atoms with Crippen LogP contribution in [0.3, 0.4) is 0 Å². The van der Waals surface area contributed by atoms with Crippen LogP contribution in [0.1, 0.15) is 18.5 Å². The molecule has 3 heteroatoms. The maximum atomic E-state index is 5.77. The first kappa shape index (κ1) is 12.5. The minimum absolute atomic E-state index is 0.0220. The Morgan fingerprint density at radius 2 is 2.00 bits per heavy atom. The van der Waals surface area contributed by atoms with Crippen molar-refractivity contribution in [2.75, 3.05) is 18.0 Å². The third-order valence-corrected chi connectivity index (χ3v) is 2.32. The topological polar surface area (TPSA) is 42.1 Å². The van der Waals surface area contributed by atoms with E-state index < -0.39 is 0 Å². The Bertz CT molecular complexity index is 331. The molecule has 0 saturated heterocycles. The van der Waals surface area contributed by atoms with Gasteiger partial charge in [-0.15, -0.1) is 13.2 Å². The normalized spacial score (nSPS) is 11.9. The third-order valence-electron chi connectivity index (χ3n) is 2.32. The first-order valence-electron chi connectivity index (χ1n) is 5.37. The second-order valence-electron chi connectivity index (χ2n) is 3.72. The lowest BCUT2D eigenvalue weighted by molar-refractivity contribution is 0.808. The zero-order chi connectivity index (χ0) is 12.0. The summed E-state index contributed by atoms with van der Waals surface area (Å²) < 4.78 is 0. The van der Waals surface area contributed by atoms with Crippen LogP contribution < -0.4 is 10.6 Å². The Kier molecular flexibility index (Phi) is 4.73. The predicted molar refractivity (Wildman–Crippen MR) is 69.4 cm³/mol. The summed E-state index contributed by atoms with van der Waals surface area (Å²) in [6.45, 7) is 10.9. The van der Waals surface area contributed by atoms with Gasteiger partial charge < -0.3 is 10.6 Å². The number of anilines is 1. The number of hydrogen-bond donors (Lipinski definition) is 1. The fraction of sp³-hybridized carbons (Fsp3) is 0.308. The number of hydrogen-bond acceptors (Lipinski definition) is 3. The van der Waals surface area contributed by atoms with Crippen molar-refractivity contribution in [3.8, 4) is 0 Å². The van der Waals surface area contributed by atoms with Gasteiger partial charge in [0.2, 0.25) is 0 Å². The van der Waals surface area contributed by atoms with Crippen LogP contribution in [0, 0.1) is 0 Å². The summed E-state index contributed by atoms with van der Waals surface area (Å²) in [5, 5.41) is 0. The molecule has 0 fully saturated rings. The monoisotopic (exact) mass is 217 g/mol. The Morgan fingerprint density at radius 3 is 2.38 bits per heavy atom. The molecular weight excluding hydrogens is 198 g/mol. The van der Waals surface area contributed by atoms with Crippen molar-refractivity contribution in [3.05, 3.63) is 49.2 Å². The van der Waals surface area contributed by atoms with Crippen LogP contribution in [-0.2, 0) is 0 Å². The van der Waals surface area contributed by atoms with E-state index in [1.807, 2.05) is 37.4 Å². The summed E-state index contributed by atoms with van der Waals surface area (Å²) in [5.41, 5.74) is 6.81. The minimum atomic E-state index is 0.0220. The molecule has 86 valence electrons. The fourth-order valence-electron chi connectivity index (χ4n) is 1.43. The van der Waals surface area contributed by atoms with Crippen LogP contribution in [0.25, 0.3) is 0 Å². The second kappa shape index (κ2) is 6.08. The van der Waals surface area contributed by atoms with Gasteiger partial charge in [-0.2, -0.15) is 0 Å². The zero-order valence-corrected chi connectivity index (χ0v) is 9.76. The van der Waals surface area contributed by atoms with Crippen molar-refractivity contribution in [2.24, 2.45) is 5.73 Å². The molecule has 1 heterocycles. The van der Waals surface area contributed by atoms with Gasteiger partial charge in [-0.05, 0) is 18.6 Å². The van der Waals surface area contributed by atoms with E-state index in [0.717, 1.165) is 24.5 Å². The molecule has 1 aromatic rings. The molecular formula is C13H19N3. The van der Waals surface area contributed by atoms with Gasteiger partial charge in [-0.3, -0.25) is 0 Å². The molecule has 2 N–H and O–H groups in total. The van der Waals surface area contributed by atoms with Crippen LogP contribution in [0.2, 0.25) is 0 Å². The lowest BCUT2D eigenvalue weighted by atomic mass is 10.1. The van der Waals surface area contributed by atoms with Gasteiger partial charge in [-0.1, -0.05) is 18.2 Å². The highest BCUT2D eigenvalue weighted by Crippen LogP contribution is 2.14. The molecule has 0 saturated carbocycles. The highest BCUT2D eigenvalue weighted by atomic mass is 15.2. The summed E-state index contributed by atoms with van der Waals surface area (Å²) in [6.07, 6.45) is 5.52. The van der Waals surface area contributed by atoms with E-state index in [1.165, 1.54) is 0 Å². The maximum absolute atomic E-state index is 5.77. The Balaban J connectivity index is 2.84. The largest absolute Gasteiger partial charge is 0.349 e. The molecule has 0 aliphatic rings. The van der Waals surface area contributed by atoms with Crippen molar-refractivity contribution in [3.63, 3.8) is 0 Å². The number of aromatic nitrogens is 1. The van der Waals surface area contributed by atoms with E-state index in [4.69, 9.17) is 5.73 Å². The Morgan fingerprint density at radius 1 is 1.38 bits per heavy atom. The summed E-state index contributed by atoms with van der Waals surface area (Å²) in [4.78, 5) is 6.48. The van der Waals surface area contributed by atoms with Gasteiger partial charge in [-0.25, -0.2) is 4.98 Å². The first-order chi connectivity index (χ1) is 7.69. The number of nitrogens with two attached hydrogens (primary N) is 1. The standard InChI is InChI=1S/C13H19N3/c1-4-8-16(9-5-2)13-7-6-12(10-15-13)11(3)14/h4-7,10-11H,1-2,8-9,14H2,3H3/t11-/m0/s1. The third kappa shape index (κ3) is 3.21. The summed E-state index contributed by atoms with van der Waals surface area (Å²) in [7, 11) is 0. The van der Waals surface area contributed by atoms with Crippen LogP contribution in [0.15, 0.2) is 43.6 Å². The van der Waals surface area contributed by atoms with Gasteiger partial charge in [0.25, 0.3) is 0 Å². The lowest BCUT2D eigenvalue weighted by Crippen LogP contribution is -2.24. The molecule has 0 radical (unpaired) electrons. The lowest BCUT2D eigenvalue weighted by Gasteiger charge is -2.20. The van der Waals surface area contributed by atoms with Crippen LogP contribution in [0.4, 0.5) is 5.82 Å². The number of rotatable bonds is 6. The zero-order valence-electron chi connectivity index (χ0n) is 9.76. The molecule has 0 spiro atoms. The second-order valence-corrected chi connectivity index (χ2v) is 3.72. The molecule has 0 unspecified atom stereocenters. The van der Waals surface area contributed by atoms with Crippen molar-refractivity contribution in [1.82, 2.24) is 4.98 Å². The van der Waals surface area contributed by atoms with Crippen LogP contribution >= 0.6 is 0 Å². The van der Waals surface area contributed by atoms with Gasteiger partial charge in [0, 0.05) is 25.3 Å². The van der Waals surface area contributed by atoms with Crippen LogP contribution in [-0.4, -0.2) is 18.1 Å². The van der Waals surface area contributed by atoms with Gasteiger partial charge in [0.1, 0.15) is 5.82 Å². The van der Waals surface area contributed by atoms with E-state index in [-0.39, 0.29) is 6.04 Å². The van der Waals surface area contributed by atoms with E-state index in [1.54, 1.807) is 0 Å². The first-order valence-corrected chi connectivity index (χ1v) is 5.37. The predicted octanol–water partition coefficient (Wildman–Crippen LogP) is 2.28. The molecule has 16 heavy (non-hydrogen) atoms. The number of pyridine rings is 1. The van der Waals surface area contributed by atoms with E-state index in [0.29, 0.717) is 0 Å². The summed E-state index contributed by atoms with van der Waals surface area (Å²) >= 11 is 0. The van der Waals surface area contributed by atoms with Crippen molar-refractivity contribution < 1.29 is 0 Å². The summed E-state index contributed by atoms with van der Waals surface area (Å²) in [6, 6.07) is 4.01. The van der Waals surface area contributed by atoms with E-state index in [9.17, 15) is 0 Å². The average molecular weight is 217 g/mol. The molecule has 0 aliphatic heterocycles. The van der Waals surface area contributed by atoms with Gasteiger partial charge in [0.05, 0.1) is 0 Å². The van der Waals surface area contributed by atoms with Crippen molar-refractivity contribution >= 4 is 5.82 Å². The Labute approximate surface area is 97.3 Å².